The first-order chi connectivity index (χ1) is 13.4. The Hall–Kier alpha value is -2.82. The van der Waals surface area contributed by atoms with Crippen molar-refractivity contribution < 1.29 is 9.84 Å². The second kappa shape index (κ2) is 9.59. The van der Waals surface area contributed by atoms with E-state index in [4.69, 9.17) is 10.00 Å². The molecule has 2 aromatic heterocycles. The molecule has 0 radical (unpaired) electrons. The molecule has 7 nitrogen and oxygen atoms in total. The lowest BCUT2D eigenvalue weighted by Crippen LogP contribution is -2.39. The van der Waals surface area contributed by atoms with Gasteiger partial charge in [-0.15, -0.1) is 12.4 Å². The summed E-state index contributed by atoms with van der Waals surface area (Å²) in [4.78, 5) is 13.7. The summed E-state index contributed by atoms with van der Waals surface area (Å²) in [6.07, 6.45) is 1.43. The van der Waals surface area contributed by atoms with E-state index in [1.54, 1.807) is 24.3 Å². The Balaban J connectivity index is 0.00000300. The molecule has 0 spiro atoms. The summed E-state index contributed by atoms with van der Waals surface area (Å²) in [6.45, 7) is 9.98. The predicted octanol–water partition coefficient (Wildman–Crippen LogP) is 4.12. The van der Waals surface area contributed by atoms with Crippen molar-refractivity contribution in [2.24, 2.45) is 0 Å². The summed E-state index contributed by atoms with van der Waals surface area (Å²) in [5.74, 6) is 0.459. The van der Waals surface area contributed by atoms with Crippen LogP contribution in [0.2, 0.25) is 0 Å². The fraction of sp³-hybridized carbons (Fsp3) is 0.381. The average molecular weight is 416 g/mol. The third-order valence-electron chi connectivity index (χ3n) is 4.73. The third kappa shape index (κ3) is 4.97. The second-order valence-corrected chi connectivity index (χ2v) is 7.24. The van der Waals surface area contributed by atoms with Crippen LogP contribution < -0.4 is 4.74 Å². The molecule has 0 saturated heterocycles. The summed E-state index contributed by atoms with van der Waals surface area (Å²) in [5, 5.41) is 20.2. The molecule has 154 valence electrons. The Labute approximate surface area is 176 Å². The van der Waals surface area contributed by atoms with Gasteiger partial charge in [0, 0.05) is 30.1 Å². The molecule has 0 aliphatic rings. The minimum Gasteiger partial charge on any atom is -0.494 e. The van der Waals surface area contributed by atoms with Gasteiger partial charge in [0.05, 0.1) is 28.4 Å². The van der Waals surface area contributed by atoms with Crippen molar-refractivity contribution in [3.63, 3.8) is 0 Å². The Morgan fingerprint density at radius 3 is 2.55 bits per heavy atom. The number of fused-ring (bicyclic) bond motifs is 1. The molecule has 2 heterocycles. The number of H-pyrrole nitrogens is 1. The van der Waals surface area contributed by atoms with E-state index in [2.05, 4.69) is 53.6 Å². The van der Waals surface area contributed by atoms with Crippen molar-refractivity contribution in [1.29, 1.82) is 5.26 Å². The lowest BCUT2D eigenvalue weighted by Gasteiger charge is -2.30. The smallest absolute Gasteiger partial charge is 0.216 e. The van der Waals surface area contributed by atoms with Gasteiger partial charge in [0.15, 0.2) is 5.88 Å². The van der Waals surface area contributed by atoms with Crippen molar-refractivity contribution >= 4 is 23.3 Å². The first-order valence-corrected chi connectivity index (χ1v) is 9.36. The molecule has 0 unspecified atom stereocenters. The fourth-order valence-corrected chi connectivity index (χ4v) is 3.44. The lowest BCUT2D eigenvalue weighted by atomic mass is 10.1. The molecule has 3 aromatic rings. The van der Waals surface area contributed by atoms with Crippen LogP contribution in [0.5, 0.6) is 11.8 Å². The van der Waals surface area contributed by atoms with Gasteiger partial charge in [-0.25, -0.2) is 9.97 Å². The summed E-state index contributed by atoms with van der Waals surface area (Å²) < 4.78 is 5.84. The van der Waals surface area contributed by atoms with E-state index in [1.165, 1.54) is 6.33 Å². The van der Waals surface area contributed by atoms with Gasteiger partial charge in [-0.3, -0.25) is 4.90 Å². The van der Waals surface area contributed by atoms with Crippen molar-refractivity contribution in [3.8, 4) is 29.1 Å². The van der Waals surface area contributed by atoms with E-state index in [-0.39, 0.29) is 18.3 Å². The number of nitrogens with zero attached hydrogens (tertiary/aromatic N) is 4. The summed E-state index contributed by atoms with van der Waals surface area (Å²) >= 11 is 0. The maximum atomic E-state index is 10.4. The monoisotopic (exact) mass is 415 g/mol. The van der Waals surface area contributed by atoms with Crippen molar-refractivity contribution in [3.05, 3.63) is 36.2 Å². The van der Waals surface area contributed by atoms with Crippen LogP contribution in [-0.2, 0) is 0 Å². The largest absolute Gasteiger partial charge is 0.494 e. The fourth-order valence-electron chi connectivity index (χ4n) is 3.44. The highest BCUT2D eigenvalue weighted by Gasteiger charge is 2.16. The SMILES string of the molecule is CC(C)N(CCOc1cc(-c2c(O)[nH]c3cc(C#N)ccc23)ncn1)C(C)C.Cl. The maximum Gasteiger partial charge on any atom is 0.216 e. The minimum atomic E-state index is 0. The molecule has 2 N–H and O–H groups in total. The molecule has 0 bridgehead atoms. The molecule has 0 fully saturated rings. The molecular weight excluding hydrogens is 390 g/mol. The Morgan fingerprint density at radius 1 is 1.17 bits per heavy atom. The van der Waals surface area contributed by atoms with Crippen LogP contribution in [-0.4, -0.2) is 50.2 Å². The van der Waals surface area contributed by atoms with E-state index >= 15 is 0 Å². The van der Waals surface area contributed by atoms with Gasteiger partial charge < -0.3 is 14.8 Å². The van der Waals surface area contributed by atoms with Crippen LogP contribution in [0.15, 0.2) is 30.6 Å². The number of aromatic nitrogens is 3. The number of nitrogens with one attached hydrogen (secondary N) is 1. The highest BCUT2D eigenvalue weighted by Crippen LogP contribution is 2.36. The summed E-state index contributed by atoms with van der Waals surface area (Å²) in [5.41, 5.74) is 2.32. The Morgan fingerprint density at radius 2 is 1.90 bits per heavy atom. The summed E-state index contributed by atoms with van der Waals surface area (Å²) in [6, 6.07) is 9.89. The molecule has 0 aliphatic heterocycles. The lowest BCUT2D eigenvalue weighted by molar-refractivity contribution is 0.140. The molecule has 0 amide bonds. The number of ether oxygens (including phenoxy) is 1. The maximum absolute atomic E-state index is 10.4. The number of hydrogen-bond acceptors (Lipinski definition) is 6. The van der Waals surface area contributed by atoms with Crippen LogP contribution in [0.25, 0.3) is 22.2 Å². The Bertz CT molecular complexity index is 1000. The molecule has 8 heteroatoms. The Kier molecular flexibility index (Phi) is 7.43. The van der Waals surface area contributed by atoms with E-state index < -0.39 is 0 Å². The zero-order chi connectivity index (χ0) is 20.3. The number of nitriles is 1. The molecule has 29 heavy (non-hydrogen) atoms. The van der Waals surface area contributed by atoms with Gasteiger partial charge in [-0.1, -0.05) is 6.07 Å². The van der Waals surface area contributed by atoms with E-state index in [9.17, 15) is 5.11 Å². The molecule has 3 rings (SSSR count). The molecular formula is C21H26ClN5O2. The zero-order valence-electron chi connectivity index (χ0n) is 17.0. The van der Waals surface area contributed by atoms with E-state index in [1.807, 2.05) is 0 Å². The third-order valence-corrected chi connectivity index (χ3v) is 4.73. The first kappa shape index (κ1) is 22.5. The number of hydrogen-bond donors (Lipinski definition) is 2. The summed E-state index contributed by atoms with van der Waals surface area (Å²) in [7, 11) is 0. The van der Waals surface area contributed by atoms with Gasteiger partial charge in [0.1, 0.15) is 12.9 Å². The molecule has 0 saturated carbocycles. The predicted molar refractivity (Wildman–Crippen MR) is 115 cm³/mol. The van der Waals surface area contributed by atoms with E-state index in [0.29, 0.717) is 46.9 Å². The van der Waals surface area contributed by atoms with E-state index in [0.717, 1.165) is 11.9 Å². The van der Waals surface area contributed by atoms with Gasteiger partial charge in [0.2, 0.25) is 5.88 Å². The topological polar surface area (TPSA) is 98.1 Å². The van der Waals surface area contributed by atoms with Gasteiger partial charge in [0.25, 0.3) is 0 Å². The van der Waals surface area contributed by atoms with Crippen molar-refractivity contribution in [2.45, 2.75) is 39.8 Å². The normalized spacial score (nSPS) is 11.1. The number of aromatic hydroxyl groups is 1. The zero-order valence-corrected chi connectivity index (χ0v) is 17.8. The van der Waals surface area contributed by atoms with Gasteiger partial charge in [-0.05, 0) is 39.8 Å². The number of halogens is 1. The van der Waals surface area contributed by atoms with Crippen LogP contribution in [0.4, 0.5) is 0 Å². The van der Waals surface area contributed by atoms with Crippen molar-refractivity contribution in [2.75, 3.05) is 13.2 Å². The highest BCUT2D eigenvalue weighted by molar-refractivity contribution is 5.98. The number of benzene rings is 1. The standard InChI is InChI=1S/C21H25N5O2.ClH/c1-13(2)26(14(3)4)7-8-28-19-10-18(23-12-24-19)20-16-6-5-15(11-22)9-17(16)25-21(20)27;/h5-6,9-10,12-14,25,27H,7-8H2,1-4H3;1H. The minimum absolute atomic E-state index is 0. The number of rotatable bonds is 7. The second-order valence-electron chi connectivity index (χ2n) is 7.24. The van der Waals surface area contributed by atoms with Gasteiger partial charge >= 0.3 is 0 Å². The quantitative estimate of drug-likeness (QED) is 0.602. The first-order valence-electron chi connectivity index (χ1n) is 9.36. The van der Waals surface area contributed by atoms with Crippen LogP contribution in [0, 0.1) is 11.3 Å². The highest BCUT2D eigenvalue weighted by atomic mass is 35.5. The van der Waals surface area contributed by atoms with Crippen molar-refractivity contribution in [1.82, 2.24) is 19.9 Å². The molecule has 1 aromatic carbocycles. The van der Waals surface area contributed by atoms with Crippen LogP contribution in [0.3, 0.4) is 0 Å². The number of aromatic amines is 1. The van der Waals surface area contributed by atoms with Crippen LogP contribution >= 0.6 is 12.4 Å². The van der Waals surface area contributed by atoms with Gasteiger partial charge in [-0.2, -0.15) is 5.26 Å². The average Bonchev–Trinajstić information content (AvgIpc) is 2.99. The van der Waals surface area contributed by atoms with Crippen LogP contribution in [0.1, 0.15) is 33.3 Å². The molecule has 0 aliphatic carbocycles. The molecule has 0 atom stereocenters.